The largest absolute Gasteiger partial charge is 0.409 e. The van der Waals surface area contributed by atoms with Gasteiger partial charge in [-0.2, -0.15) is 0 Å². The van der Waals surface area contributed by atoms with Crippen LogP contribution in [-0.4, -0.2) is 24.1 Å². The van der Waals surface area contributed by atoms with Gasteiger partial charge >= 0.3 is 0 Å². The minimum atomic E-state index is 0.0532. The number of nitrogens with zero attached hydrogens (tertiary/aromatic N) is 2. The second-order valence-corrected chi connectivity index (χ2v) is 6.35. The van der Waals surface area contributed by atoms with E-state index in [1.165, 1.54) is 25.7 Å². The molecule has 0 aromatic heterocycles. The van der Waals surface area contributed by atoms with Crippen LogP contribution in [0.2, 0.25) is 5.02 Å². The molecule has 0 spiro atoms. The molecule has 0 radical (unpaired) electrons. The van der Waals surface area contributed by atoms with E-state index in [2.05, 4.69) is 10.1 Å². The Morgan fingerprint density at radius 1 is 1.25 bits per heavy atom. The molecule has 0 bridgehead atoms. The van der Waals surface area contributed by atoms with Crippen LogP contribution >= 0.6 is 11.6 Å². The molecule has 2 saturated carbocycles. The molecule has 3 rings (SSSR count). The molecule has 0 heterocycles. The van der Waals surface area contributed by atoms with E-state index in [4.69, 9.17) is 22.5 Å². The first kappa shape index (κ1) is 13.6. The lowest BCUT2D eigenvalue weighted by Gasteiger charge is -2.25. The van der Waals surface area contributed by atoms with Crippen LogP contribution in [-0.2, 0) is 0 Å². The Balaban J connectivity index is 1.80. The fraction of sp³-hybridized carbons (Fsp3) is 0.533. The molecule has 3 N–H and O–H groups in total. The Bertz CT molecular complexity index is 510. The third-order valence-electron chi connectivity index (χ3n) is 4.05. The summed E-state index contributed by atoms with van der Waals surface area (Å²) >= 11 is 6.25. The molecule has 108 valence electrons. The van der Waals surface area contributed by atoms with Crippen molar-refractivity contribution in [2.75, 3.05) is 18.0 Å². The van der Waals surface area contributed by atoms with Gasteiger partial charge in [0.1, 0.15) is 0 Å². The molecule has 0 amide bonds. The van der Waals surface area contributed by atoms with Gasteiger partial charge in [-0.1, -0.05) is 16.8 Å². The molecule has 0 unspecified atom stereocenters. The Morgan fingerprint density at radius 3 is 2.30 bits per heavy atom. The van der Waals surface area contributed by atoms with Crippen LogP contribution in [0.5, 0.6) is 0 Å². The van der Waals surface area contributed by atoms with E-state index in [0.29, 0.717) is 10.6 Å². The number of nitrogens with two attached hydrogens (primary N) is 1. The van der Waals surface area contributed by atoms with Gasteiger partial charge in [0.15, 0.2) is 5.84 Å². The lowest BCUT2D eigenvalue weighted by atomic mass is 10.1. The first-order valence-electron chi connectivity index (χ1n) is 7.19. The average molecular weight is 294 g/mol. The van der Waals surface area contributed by atoms with Gasteiger partial charge in [-0.05, 0) is 55.7 Å². The molecule has 4 nitrogen and oxygen atoms in total. The lowest BCUT2D eigenvalue weighted by molar-refractivity contribution is 0.318. The summed E-state index contributed by atoms with van der Waals surface area (Å²) in [7, 11) is 0. The number of halogens is 1. The van der Waals surface area contributed by atoms with Crippen LogP contribution in [0.15, 0.2) is 23.4 Å². The van der Waals surface area contributed by atoms with Crippen LogP contribution < -0.4 is 10.6 Å². The molecular weight excluding hydrogens is 274 g/mol. The molecule has 2 aliphatic carbocycles. The van der Waals surface area contributed by atoms with Gasteiger partial charge in [-0.3, -0.25) is 0 Å². The lowest BCUT2D eigenvalue weighted by Crippen LogP contribution is -2.28. The highest BCUT2D eigenvalue weighted by Crippen LogP contribution is 2.36. The molecule has 5 heteroatoms. The van der Waals surface area contributed by atoms with Crippen molar-refractivity contribution in [3.63, 3.8) is 0 Å². The summed E-state index contributed by atoms with van der Waals surface area (Å²) in [4.78, 5) is 2.44. The maximum atomic E-state index is 8.74. The minimum Gasteiger partial charge on any atom is -0.409 e. The van der Waals surface area contributed by atoms with Gasteiger partial charge in [0.25, 0.3) is 0 Å². The minimum absolute atomic E-state index is 0.0532. The predicted molar refractivity (Wildman–Crippen MR) is 81.6 cm³/mol. The zero-order chi connectivity index (χ0) is 14.1. The summed E-state index contributed by atoms with van der Waals surface area (Å²) in [6.07, 6.45) is 5.38. The molecule has 2 aliphatic rings. The van der Waals surface area contributed by atoms with E-state index in [-0.39, 0.29) is 5.84 Å². The second kappa shape index (κ2) is 5.52. The van der Waals surface area contributed by atoms with Gasteiger partial charge < -0.3 is 15.8 Å². The molecular formula is C15H20ClN3O. The number of anilines is 1. The van der Waals surface area contributed by atoms with Crippen LogP contribution in [0.3, 0.4) is 0 Å². The van der Waals surface area contributed by atoms with E-state index in [0.717, 1.165) is 30.6 Å². The van der Waals surface area contributed by atoms with Crippen molar-refractivity contribution >= 4 is 23.1 Å². The van der Waals surface area contributed by atoms with Crippen molar-refractivity contribution in [2.45, 2.75) is 25.7 Å². The summed E-state index contributed by atoms with van der Waals surface area (Å²) in [5, 5.41) is 12.3. The van der Waals surface area contributed by atoms with Gasteiger partial charge in [0.2, 0.25) is 0 Å². The number of hydrogen-bond donors (Lipinski definition) is 2. The predicted octanol–water partition coefficient (Wildman–Crippen LogP) is 3.06. The van der Waals surface area contributed by atoms with Crippen LogP contribution in [0, 0.1) is 11.8 Å². The first-order chi connectivity index (χ1) is 9.67. The Labute approximate surface area is 124 Å². The van der Waals surface area contributed by atoms with Crippen LogP contribution in [0.25, 0.3) is 0 Å². The average Bonchev–Trinajstić information content (AvgIpc) is 3.32. The summed E-state index contributed by atoms with van der Waals surface area (Å²) in [5.41, 5.74) is 7.33. The smallest absolute Gasteiger partial charge is 0.171 e. The van der Waals surface area contributed by atoms with Crippen LogP contribution in [0.4, 0.5) is 5.69 Å². The summed E-state index contributed by atoms with van der Waals surface area (Å²) in [6.45, 7) is 2.24. The molecule has 0 atom stereocenters. The molecule has 1 aromatic carbocycles. The summed E-state index contributed by atoms with van der Waals surface area (Å²) in [5.74, 6) is 1.74. The first-order valence-corrected chi connectivity index (χ1v) is 7.57. The van der Waals surface area contributed by atoms with E-state index in [9.17, 15) is 0 Å². The van der Waals surface area contributed by atoms with Crippen molar-refractivity contribution < 1.29 is 5.21 Å². The maximum absolute atomic E-state index is 8.74. The van der Waals surface area contributed by atoms with Gasteiger partial charge in [-0.15, -0.1) is 0 Å². The quantitative estimate of drug-likeness (QED) is 0.367. The highest BCUT2D eigenvalue weighted by atomic mass is 35.5. The van der Waals surface area contributed by atoms with E-state index < -0.39 is 0 Å². The highest BCUT2D eigenvalue weighted by molar-refractivity contribution is 6.34. The van der Waals surface area contributed by atoms with E-state index in [1.54, 1.807) is 0 Å². The standard InChI is InChI=1S/C15H20ClN3O/c16-14-7-12(5-6-13(14)15(17)18-20)19(8-10-1-2-10)9-11-3-4-11/h5-7,10-11,20H,1-4,8-9H2,(H2,17,18). The van der Waals surface area contributed by atoms with Crippen molar-refractivity contribution in [3.8, 4) is 0 Å². The third-order valence-corrected chi connectivity index (χ3v) is 4.37. The van der Waals surface area contributed by atoms with Crippen molar-refractivity contribution in [1.29, 1.82) is 0 Å². The number of rotatable bonds is 6. The zero-order valence-electron chi connectivity index (χ0n) is 11.4. The topological polar surface area (TPSA) is 61.9 Å². The van der Waals surface area contributed by atoms with Crippen molar-refractivity contribution in [3.05, 3.63) is 28.8 Å². The number of amidine groups is 1. The second-order valence-electron chi connectivity index (χ2n) is 5.94. The maximum Gasteiger partial charge on any atom is 0.171 e. The molecule has 1 aromatic rings. The fourth-order valence-corrected chi connectivity index (χ4v) is 2.74. The molecule has 0 aliphatic heterocycles. The highest BCUT2D eigenvalue weighted by Gasteiger charge is 2.29. The number of oxime groups is 1. The van der Waals surface area contributed by atoms with E-state index >= 15 is 0 Å². The van der Waals surface area contributed by atoms with E-state index in [1.807, 2.05) is 18.2 Å². The van der Waals surface area contributed by atoms with Crippen molar-refractivity contribution in [1.82, 2.24) is 0 Å². The Hall–Kier alpha value is -1.42. The molecule has 0 saturated heterocycles. The summed E-state index contributed by atoms with van der Waals surface area (Å²) < 4.78 is 0. The Morgan fingerprint density at radius 2 is 1.85 bits per heavy atom. The molecule has 20 heavy (non-hydrogen) atoms. The van der Waals surface area contributed by atoms with Gasteiger partial charge in [0, 0.05) is 24.3 Å². The number of benzene rings is 1. The van der Waals surface area contributed by atoms with Gasteiger partial charge in [0.05, 0.1) is 5.02 Å². The van der Waals surface area contributed by atoms with Crippen LogP contribution in [0.1, 0.15) is 31.2 Å². The number of hydrogen-bond acceptors (Lipinski definition) is 3. The van der Waals surface area contributed by atoms with Gasteiger partial charge in [-0.25, -0.2) is 0 Å². The normalized spacial score (nSPS) is 19.1. The zero-order valence-corrected chi connectivity index (χ0v) is 12.2. The SMILES string of the molecule is NC(=NO)c1ccc(N(CC2CC2)CC2CC2)cc1Cl. The Kier molecular flexibility index (Phi) is 3.74. The monoisotopic (exact) mass is 293 g/mol. The van der Waals surface area contributed by atoms with Crippen molar-refractivity contribution in [2.24, 2.45) is 22.7 Å². The fourth-order valence-electron chi connectivity index (χ4n) is 2.47. The summed E-state index contributed by atoms with van der Waals surface area (Å²) in [6, 6.07) is 5.78. The third kappa shape index (κ3) is 3.18. The molecule has 2 fully saturated rings.